The van der Waals surface area contributed by atoms with Crippen LogP contribution in [0.4, 0.5) is 0 Å². The van der Waals surface area contributed by atoms with Crippen molar-refractivity contribution in [3.05, 3.63) is 35.4 Å². The first-order valence-corrected chi connectivity index (χ1v) is 6.19. The fraction of sp³-hybridized carbons (Fsp3) is 0.500. The molecule has 0 radical (unpaired) electrons. The van der Waals surface area contributed by atoms with Gasteiger partial charge in [0.25, 0.3) is 5.91 Å². The van der Waals surface area contributed by atoms with Gasteiger partial charge in [0.15, 0.2) is 0 Å². The summed E-state index contributed by atoms with van der Waals surface area (Å²) in [5.41, 5.74) is 7.50. The van der Waals surface area contributed by atoms with Gasteiger partial charge >= 0.3 is 0 Å². The van der Waals surface area contributed by atoms with Crippen LogP contribution < -0.4 is 11.1 Å². The number of amides is 1. The van der Waals surface area contributed by atoms with Gasteiger partial charge in [0, 0.05) is 12.1 Å². The Morgan fingerprint density at radius 1 is 1.35 bits per heavy atom. The zero-order chi connectivity index (χ0) is 12.5. The summed E-state index contributed by atoms with van der Waals surface area (Å²) in [7, 11) is 0. The Morgan fingerprint density at radius 3 is 2.35 bits per heavy atom. The molecule has 0 bridgehead atoms. The van der Waals surface area contributed by atoms with Gasteiger partial charge in [0.1, 0.15) is 0 Å². The second-order valence-electron chi connectivity index (χ2n) is 5.22. The van der Waals surface area contributed by atoms with Crippen LogP contribution in [0.1, 0.15) is 48.5 Å². The predicted octanol–water partition coefficient (Wildman–Crippen LogP) is 2.03. The quantitative estimate of drug-likeness (QED) is 0.834. The maximum absolute atomic E-state index is 12.0. The molecular weight excluding hydrogens is 212 g/mol. The Hall–Kier alpha value is -1.35. The van der Waals surface area contributed by atoms with Crippen molar-refractivity contribution in [2.75, 3.05) is 6.54 Å². The highest BCUT2D eigenvalue weighted by atomic mass is 16.1. The molecule has 1 aliphatic rings. The maximum Gasteiger partial charge on any atom is 0.251 e. The molecule has 0 heterocycles. The summed E-state index contributed by atoms with van der Waals surface area (Å²) in [6.45, 7) is 4.81. The van der Waals surface area contributed by atoms with Crippen LogP contribution in [-0.4, -0.2) is 18.0 Å². The molecule has 3 N–H and O–H groups in total. The highest BCUT2D eigenvalue weighted by Gasteiger charge is 2.42. The summed E-state index contributed by atoms with van der Waals surface area (Å²) in [6.07, 6.45) is 2.00. The molecule has 0 saturated heterocycles. The second kappa shape index (κ2) is 4.49. The van der Waals surface area contributed by atoms with E-state index in [2.05, 4.69) is 19.2 Å². The standard InChI is InChI=1S/C14H20N2O/c1-10(2)11-3-5-12(6-4-11)13(17)16-14(9-15)7-8-14/h3-6,10H,7-9,15H2,1-2H3,(H,16,17). The lowest BCUT2D eigenvalue weighted by Crippen LogP contribution is -2.42. The maximum atomic E-state index is 12.0. The number of nitrogens with one attached hydrogen (secondary N) is 1. The van der Waals surface area contributed by atoms with Crippen molar-refractivity contribution in [3.8, 4) is 0 Å². The van der Waals surface area contributed by atoms with Crippen molar-refractivity contribution in [3.63, 3.8) is 0 Å². The van der Waals surface area contributed by atoms with Gasteiger partial charge in [-0.2, -0.15) is 0 Å². The van der Waals surface area contributed by atoms with E-state index in [1.54, 1.807) is 0 Å². The molecule has 1 aliphatic carbocycles. The number of hydrogen-bond donors (Lipinski definition) is 2. The van der Waals surface area contributed by atoms with Crippen molar-refractivity contribution in [2.24, 2.45) is 5.73 Å². The number of rotatable bonds is 4. The smallest absolute Gasteiger partial charge is 0.251 e. The molecule has 1 saturated carbocycles. The number of benzene rings is 1. The molecule has 0 atom stereocenters. The normalized spacial score (nSPS) is 16.9. The van der Waals surface area contributed by atoms with E-state index in [-0.39, 0.29) is 11.4 Å². The van der Waals surface area contributed by atoms with Gasteiger partial charge in [-0.05, 0) is 36.5 Å². The van der Waals surface area contributed by atoms with Crippen LogP contribution in [0.5, 0.6) is 0 Å². The summed E-state index contributed by atoms with van der Waals surface area (Å²) in [5.74, 6) is 0.481. The number of carbonyl (C=O) groups excluding carboxylic acids is 1. The molecule has 17 heavy (non-hydrogen) atoms. The minimum Gasteiger partial charge on any atom is -0.345 e. The second-order valence-corrected chi connectivity index (χ2v) is 5.22. The van der Waals surface area contributed by atoms with Crippen LogP contribution in [0.15, 0.2) is 24.3 Å². The third-order valence-corrected chi connectivity index (χ3v) is 3.46. The zero-order valence-corrected chi connectivity index (χ0v) is 10.5. The van der Waals surface area contributed by atoms with Crippen LogP contribution in [0, 0.1) is 0 Å². The fourth-order valence-electron chi connectivity index (χ4n) is 1.86. The predicted molar refractivity (Wildman–Crippen MR) is 69.0 cm³/mol. The molecule has 1 amide bonds. The van der Waals surface area contributed by atoms with Crippen molar-refractivity contribution in [1.29, 1.82) is 0 Å². The number of nitrogens with two attached hydrogens (primary N) is 1. The number of carbonyl (C=O) groups is 1. The van der Waals surface area contributed by atoms with Crippen molar-refractivity contribution in [1.82, 2.24) is 5.32 Å². The lowest BCUT2D eigenvalue weighted by Gasteiger charge is -2.15. The van der Waals surface area contributed by atoms with E-state index in [1.165, 1.54) is 5.56 Å². The van der Waals surface area contributed by atoms with Crippen LogP contribution in [0.2, 0.25) is 0 Å². The van der Waals surface area contributed by atoms with E-state index >= 15 is 0 Å². The Morgan fingerprint density at radius 2 is 1.94 bits per heavy atom. The van der Waals surface area contributed by atoms with Crippen LogP contribution in [0.25, 0.3) is 0 Å². The molecule has 0 aliphatic heterocycles. The topological polar surface area (TPSA) is 55.1 Å². The molecule has 2 rings (SSSR count). The molecule has 1 aromatic rings. The molecule has 0 unspecified atom stereocenters. The lowest BCUT2D eigenvalue weighted by atomic mass is 10.0. The molecule has 3 heteroatoms. The van der Waals surface area contributed by atoms with Gasteiger partial charge in [0.05, 0.1) is 5.54 Å². The van der Waals surface area contributed by atoms with Gasteiger partial charge in [-0.25, -0.2) is 0 Å². The monoisotopic (exact) mass is 232 g/mol. The molecule has 1 fully saturated rings. The van der Waals surface area contributed by atoms with Gasteiger partial charge in [-0.1, -0.05) is 26.0 Å². The number of hydrogen-bond acceptors (Lipinski definition) is 2. The van der Waals surface area contributed by atoms with Crippen LogP contribution in [0.3, 0.4) is 0 Å². The average Bonchev–Trinajstić information content (AvgIpc) is 3.09. The minimum absolute atomic E-state index is 0.0109. The lowest BCUT2D eigenvalue weighted by molar-refractivity contribution is 0.0933. The third kappa shape index (κ3) is 2.67. The van der Waals surface area contributed by atoms with Crippen molar-refractivity contribution >= 4 is 5.91 Å². The van der Waals surface area contributed by atoms with Gasteiger partial charge < -0.3 is 11.1 Å². The zero-order valence-electron chi connectivity index (χ0n) is 10.5. The van der Waals surface area contributed by atoms with E-state index in [0.717, 1.165) is 12.8 Å². The van der Waals surface area contributed by atoms with Crippen molar-refractivity contribution < 1.29 is 4.79 Å². The Balaban J connectivity index is 2.04. The highest BCUT2D eigenvalue weighted by molar-refractivity contribution is 5.95. The molecule has 1 aromatic carbocycles. The average molecular weight is 232 g/mol. The largest absolute Gasteiger partial charge is 0.345 e. The Bertz CT molecular complexity index is 405. The SMILES string of the molecule is CC(C)c1ccc(C(=O)NC2(CN)CC2)cc1. The summed E-state index contributed by atoms with van der Waals surface area (Å²) in [4.78, 5) is 12.0. The molecule has 92 valence electrons. The third-order valence-electron chi connectivity index (χ3n) is 3.46. The molecule has 3 nitrogen and oxygen atoms in total. The molecule has 0 aromatic heterocycles. The van der Waals surface area contributed by atoms with Gasteiger partial charge in [-0.3, -0.25) is 4.79 Å². The Labute approximate surface area is 102 Å². The Kier molecular flexibility index (Phi) is 3.20. The van der Waals surface area contributed by atoms with Crippen LogP contribution in [-0.2, 0) is 0 Å². The van der Waals surface area contributed by atoms with Gasteiger partial charge in [-0.15, -0.1) is 0 Å². The van der Waals surface area contributed by atoms with Gasteiger partial charge in [0.2, 0.25) is 0 Å². The first-order chi connectivity index (χ1) is 8.06. The van der Waals surface area contributed by atoms with E-state index in [4.69, 9.17) is 5.73 Å². The van der Waals surface area contributed by atoms with E-state index in [1.807, 2.05) is 24.3 Å². The summed E-state index contributed by atoms with van der Waals surface area (Å²) in [6, 6.07) is 7.80. The summed E-state index contributed by atoms with van der Waals surface area (Å²) < 4.78 is 0. The first-order valence-electron chi connectivity index (χ1n) is 6.19. The first kappa shape index (κ1) is 12.1. The highest BCUT2D eigenvalue weighted by Crippen LogP contribution is 2.34. The van der Waals surface area contributed by atoms with E-state index in [9.17, 15) is 4.79 Å². The fourth-order valence-corrected chi connectivity index (χ4v) is 1.86. The summed E-state index contributed by atoms with van der Waals surface area (Å²) >= 11 is 0. The van der Waals surface area contributed by atoms with Crippen LogP contribution >= 0.6 is 0 Å². The summed E-state index contributed by atoms with van der Waals surface area (Å²) in [5, 5.41) is 3.02. The molecule has 0 spiro atoms. The molecular formula is C14H20N2O. The van der Waals surface area contributed by atoms with Crippen molar-refractivity contribution in [2.45, 2.75) is 38.1 Å². The van der Waals surface area contributed by atoms with E-state index < -0.39 is 0 Å². The minimum atomic E-state index is -0.117. The van der Waals surface area contributed by atoms with E-state index in [0.29, 0.717) is 18.0 Å².